The number of amides is 2. The van der Waals surface area contributed by atoms with Crippen molar-refractivity contribution < 1.29 is 9.53 Å². The number of benzene rings is 1. The molecule has 1 atom stereocenters. The number of urea groups is 1. The number of likely N-dealkylation sites (tertiary alicyclic amines) is 1. The highest BCUT2D eigenvalue weighted by Gasteiger charge is 2.27. The van der Waals surface area contributed by atoms with Gasteiger partial charge in [-0.15, -0.1) is 10.2 Å². The monoisotopic (exact) mass is 343 g/mol. The molecule has 7 nitrogen and oxygen atoms in total. The van der Waals surface area contributed by atoms with Gasteiger partial charge in [0.2, 0.25) is 0 Å². The van der Waals surface area contributed by atoms with Crippen molar-refractivity contribution in [3.05, 3.63) is 42.0 Å². The van der Waals surface area contributed by atoms with Crippen LogP contribution in [-0.4, -0.2) is 51.9 Å². The van der Waals surface area contributed by atoms with Gasteiger partial charge in [0, 0.05) is 26.1 Å². The molecule has 0 radical (unpaired) electrons. The Morgan fingerprint density at radius 1 is 1.36 bits per heavy atom. The molecule has 1 aliphatic heterocycles. The van der Waals surface area contributed by atoms with E-state index in [1.807, 2.05) is 47.7 Å². The molecule has 1 fully saturated rings. The van der Waals surface area contributed by atoms with Crippen molar-refractivity contribution in [3.8, 4) is 5.75 Å². The number of piperidine rings is 1. The van der Waals surface area contributed by atoms with E-state index in [1.54, 1.807) is 6.33 Å². The number of hydrogen-bond acceptors (Lipinski definition) is 4. The summed E-state index contributed by atoms with van der Waals surface area (Å²) in [5.74, 6) is 2.01. The number of carbonyl (C=O) groups excluding carboxylic acids is 1. The van der Waals surface area contributed by atoms with E-state index in [2.05, 4.69) is 15.5 Å². The minimum atomic E-state index is -0.0422. The third-order valence-corrected chi connectivity index (χ3v) is 4.49. The number of carbonyl (C=O) groups is 1. The molecule has 2 aromatic rings. The molecule has 7 heteroatoms. The van der Waals surface area contributed by atoms with Crippen LogP contribution >= 0.6 is 0 Å². The van der Waals surface area contributed by atoms with Crippen LogP contribution in [0.15, 0.2) is 30.6 Å². The first-order chi connectivity index (χ1) is 12.1. The maximum Gasteiger partial charge on any atom is 0.317 e. The molecule has 0 spiro atoms. The highest BCUT2D eigenvalue weighted by Crippen LogP contribution is 2.24. The fraction of sp³-hybridized carbons (Fsp3) is 0.500. The number of hydrogen-bond donors (Lipinski definition) is 1. The van der Waals surface area contributed by atoms with Crippen LogP contribution < -0.4 is 10.1 Å². The lowest BCUT2D eigenvalue weighted by atomic mass is 9.97. The van der Waals surface area contributed by atoms with Gasteiger partial charge in [-0.25, -0.2) is 4.79 Å². The predicted octanol–water partition coefficient (Wildman–Crippen LogP) is 2.09. The molecular formula is C18H25N5O2. The van der Waals surface area contributed by atoms with E-state index in [1.165, 1.54) is 5.56 Å². The molecule has 1 aromatic carbocycles. The van der Waals surface area contributed by atoms with Gasteiger partial charge in [0.15, 0.2) is 0 Å². The SMILES string of the molecule is Cc1ccc(OCCNC(=O)N2CCC[C@H](c3nncn3C)C2)cc1. The fourth-order valence-corrected chi connectivity index (χ4v) is 3.11. The van der Waals surface area contributed by atoms with Crippen LogP contribution in [0.3, 0.4) is 0 Å². The highest BCUT2D eigenvalue weighted by molar-refractivity contribution is 5.74. The quantitative estimate of drug-likeness (QED) is 0.844. The third-order valence-electron chi connectivity index (χ3n) is 4.49. The summed E-state index contributed by atoms with van der Waals surface area (Å²) in [5, 5.41) is 11.1. The van der Waals surface area contributed by atoms with E-state index in [0.717, 1.165) is 31.0 Å². The second kappa shape index (κ2) is 8.00. The van der Waals surface area contributed by atoms with Crippen LogP contribution in [0.4, 0.5) is 4.79 Å². The van der Waals surface area contributed by atoms with Crippen molar-refractivity contribution in [2.75, 3.05) is 26.2 Å². The summed E-state index contributed by atoms with van der Waals surface area (Å²) in [4.78, 5) is 14.2. The zero-order chi connectivity index (χ0) is 17.6. The smallest absolute Gasteiger partial charge is 0.317 e. The van der Waals surface area contributed by atoms with E-state index in [9.17, 15) is 4.79 Å². The molecule has 2 amide bonds. The molecule has 1 aliphatic rings. The number of aromatic nitrogens is 3. The molecule has 3 rings (SSSR count). The Morgan fingerprint density at radius 3 is 2.88 bits per heavy atom. The summed E-state index contributed by atoms with van der Waals surface area (Å²) in [6.07, 6.45) is 3.72. The normalized spacial score (nSPS) is 17.4. The molecule has 0 unspecified atom stereocenters. The summed E-state index contributed by atoms with van der Waals surface area (Å²) in [6.45, 7) is 4.43. The maximum atomic E-state index is 12.4. The average Bonchev–Trinajstić information content (AvgIpc) is 3.06. The summed E-state index contributed by atoms with van der Waals surface area (Å²) >= 11 is 0. The molecule has 1 aromatic heterocycles. The Labute approximate surface area is 148 Å². The number of ether oxygens (including phenoxy) is 1. The maximum absolute atomic E-state index is 12.4. The summed E-state index contributed by atoms with van der Waals surface area (Å²) in [6, 6.07) is 7.85. The lowest BCUT2D eigenvalue weighted by molar-refractivity contribution is 0.175. The zero-order valence-electron chi connectivity index (χ0n) is 14.8. The first kappa shape index (κ1) is 17.3. The molecule has 2 heterocycles. The van der Waals surface area contributed by atoms with Crippen LogP contribution in [0, 0.1) is 6.92 Å². The molecule has 134 valence electrons. The second-order valence-corrected chi connectivity index (χ2v) is 6.48. The van der Waals surface area contributed by atoms with Gasteiger partial charge in [0.1, 0.15) is 24.5 Å². The number of nitrogens with one attached hydrogen (secondary N) is 1. The average molecular weight is 343 g/mol. The predicted molar refractivity (Wildman–Crippen MR) is 94.6 cm³/mol. The number of nitrogens with zero attached hydrogens (tertiary/aromatic N) is 4. The molecular weight excluding hydrogens is 318 g/mol. The minimum absolute atomic E-state index is 0.0422. The molecule has 1 saturated heterocycles. The lowest BCUT2D eigenvalue weighted by Crippen LogP contribution is -2.46. The molecule has 0 aliphatic carbocycles. The Hall–Kier alpha value is -2.57. The third kappa shape index (κ3) is 4.49. The molecule has 1 N–H and O–H groups in total. The summed E-state index contributed by atoms with van der Waals surface area (Å²) in [7, 11) is 1.94. The number of rotatable bonds is 5. The van der Waals surface area contributed by atoms with Crippen molar-refractivity contribution in [2.45, 2.75) is 25.7 Å². The Balaban J connectivity index is 1.43. The van der Waals surface area contributed by atoms with Crippen LogP contribution in [-0.2, 0) is 7.05 Å². The van der Waals surface area contributed by atoms with Crippen LogP contribution in [0.5, 0.6) is 5.75 Å². The summed E-state index contributed by atoms with van der Waals surface area (Å²) < 4.78 is 7.57. The highest BCUT2D eigenvalue weighted by atomic mass is 16.5. The minimum Gasteiger partial charge on any atom is -0.492 e. The van der Waals surface area contributed by atoms with E-state index < -0.39 is 0 Å². The van der Waals surface area contributed by atoms with Crippen LogP contribution in [0.2, 0.25) is 0 Å². The van der Waals surface area contributed by atoms with Crippen LogP contribution in [0.1, 0.15) is 30.1 Å². The lowest BCUT2D eigenvalue weighted by Gasteiger charge is -2.32. The molecule has 25 heavy (non-hydrogen) atoms. The fourth-order valence-electron chi connectivity index (χ4n) is 3.11. The second-order valence-electron chi connectivity index (χ2n) is 6.48. The van der Waals surface area contributed by atoms with Gasteiger partial charge in [-0.1, -0.05) is 17.7 Å². The van der Waals surface area contributed by atoms with E-state index >= 15 is 0 Å². The summed E-state index contributed by atoms with van der Waals surface area (Å²) in [5.41, 5.74) is 1.20. The van der Waals surface area contributed by atoms with Gasteiger partial charge in [-0.3, -0.25) is 0 Å². The van der Waals surface area contributed by atoms with Crippen molar-refractivity contribution >= 4 is 6.03 Å². The van der Waals surface area contributed by atoms with Crippen molar-refractivity contribution in [3.63, 3.8) is 0 Å². The topological polar surface area (TPSA) is 72.3 Å². The van der Waals surface area contributed by atoms with E-state index in [4.69, 9.17) is 4.74 Å². The van der Waals surface area contributed by atoms with Gasteiger partial charge >= 0.3 is 6.03 Å². The Bertz CT molecular complexity index is 698. The van der Waals surface area contributed by atoms with Crippen molar-refractivity contribution in [1.29, 1.82) is 0 Å². The Morgan fingerprint density at radius 2 is 2.16 bits per heavy atom. The first-order valence-electron chi connectivity index (χ1n) is 8.69. The Kier molecular flexibility index (Phi) is 5.53. The van der Waals surface area contributed by atoms with Crippen molar-refractivity contribution in [1.82, 2.24) is 25.0 Å². The molecule has 0 saturated carbocycles. The zero-order valence-corrected chi connectivity index (χ0v) is 14.8. The van der Waals surface area contributed by atoms with Crippen molar-refractivity contribution in [2.24, 2.45) is 7.05 Å². The van der Waals surface area contributed by atoms with Gasteiger partial charge in [0.25, 0.3) is 0 Å². The standard InChI is InChI=1S/C18H25N5O2/c1-14-5-7-16(8-6-14)25-11-9-19-18(24)23-10-3-4-15(12-23)17-21-20-13-22(17)2/h5-8,13,15H,3-4,9-12H2,1-2H3,(H,19,24)/t15-/m0/s1. The van der Waals surface area contributed by atoms with Gasteiger partial charge in [0.05, 0.1) is 6.54 Å². The number of aryl methyl sites for hydroxylation is 2. The van der Waals surface area contributed by atoms with Crippen LogP contribution in [0.25, 0.3) is 0 Å². The molecule has 0 bridgehead atoms. The van der Waals surface area contributed by atoms with Gasteiger partial charge in [-0.05, 0) is 31.9 Å². The van der Waals surface area contributed by atoms with Gasteiger partial charge < -0.3 is 19.5 Å². The largest absolute Gasteiger partial charge is 0.492 e. The van der Waals surface area contributed by atoms with E-state index in [-0.39, 0.29) is 11.9 Å². The van der Waals surface area contributed by atoms with Gasteiger partial charge in [-0.2, -0.15) is 0 Å². The van der Waals surface area contributed by atoms with E-state index in [0.29, 0.717) is 19.7 Å². The first-order valence-corrected chi connectivity index (χ1v) is 8.69.